The van der Waals surface area contributed by atoms with Gasteiger partial charge in [0.25, 0.3) is 0 Å². The Morgan fingerprint density at radius 2 is 2.33 bits per heavy atom. The molecular formula is C11H16N4. The SMILES string of the molecule is CNCc1nc(C)c(-c2cc[nH]c2)n1C. The lowest BCUT2D eigenvalue weighted by Crippen LogP contribution is -2.10. The molecule has 2 N–H and O–H groups in total. The molecule has 0 unspecified atom stereocenters. The van der Waals surface area contributed by atoms with Gasteiger partial charge in [-0.05, 0) is 20.0 Å². The minimum atomic E-state index is 0.793. The molecule has 0 radical (unpaired) electrons. The molecule has 2 rings (SSSR count). The van der Waals surface area contributed by atoms with Gasteiger partial charge in [0.15, 0.2) is 0 Å². The van der Waals surface area contributed by atoms with Gasteiger partial charge in [0.05, 0.1) is 17.9 Å². The minimum absolute atomic E-state index is 0.793. The van der Waals surface area contributed by atoms with Gasteiger partial charge in [0.2, 0.25) is 0 Å². The van der Waals surface area contributed by atoms with Crippen molar-refractivity contribution < 1.29 is 0 Å². The fourth-order valence-corrected chi connectivity index (χ4v) is 1.88. The van der Waals surface area contributed by atoms with Crippen LogP contribution in [0.15, 0.2) is 18.5 Å². The molecule has 0 aliphatic carbocycles. The number of nitrogens with zero attached hydrogens (tertiary/aromatic N) is 2. The van der Waals surface area contributed by atoms with Crippen molar-refractivity contribution in [3.05, 3.63) is 30.0 Å². The summed E-state index contributed by atoms with van der Waals surface area (Å²) in [6.45, 7) is 2.84. The third-order valence-corrected chi connectivity index (χ3v) is 2.57. The van der Waals surface area contributed by atoms with Crippen molar-refractivity contribution >= 4 is 0 Å². The molecule has 0 amide bonds. The molecule has 0 bridgehead atoms. The molecular weight excluding hydrogens is 188 g/mol. The smallest absolute Gasteiger partial charge is 0.123 e. The Kier molecular flexibility index (Phi) is 2.60. The number of hydrogen-bond donors (Lipinski definition) is 2. The van der Waals surface area contributed by atoms with Crippen molar-refractivity contribution in [3.63, 3.8) is 0 Å². The van der Waals surface area contributed by atoms with Gasteiger partial charge in [-0.25, -0.2) is 4.98 Å². The number of H-pyrrole nitrogens is 1. The largest absolute Gasteiger partial charge is 0.367 e. The number of aryl methyl sites for hydroxylation is 1. The van der Waals surface area contributed by atoms with Crippen LogP contribution in [0.2, 0.25) is 0 Å². The van der Waals surface area contributed by atoms with Gasteiger partial charge in [0.1, 0.15) is 5.82 Å². The van der Waals surface area contributed by atoms with Gasteiger partial charge >= 0.3 is 0 Å². The topological polar surface area (TPSA) is 45.6 Å². The fraction of sp³-hybridized carbons (Fsp3) is 0.364. The zero-order chi connectivity index (χ0) is 10.8. The monoisotopic (exact) mass is 204 g/mol. The Bertz CT molecular complexity index is 439. The van der Waals surface area contributed by atoms with E-state index in [1.807, 2.05) is 26.4 Å². The highest BCUT2D eigenvalue weighted by molar-refractivity contribution is 5.61. The summed E-state index contributed by atoms with van der Waals surface area (Å²) in [6, 6.07) is 2.06. The summed E-state index contributed by atoms with van der Waals surface area (Å²) in [5.41, 5.74) is 3.44. The second-order valence-corrected chi connectivity index (χ2v) is 3.65. The molecule has 0 aromatic carbocycles. The first-order chi connectivity index (χ1) is 7.24. The first-order valence-corrected chi connectivity index (χ1v) is 5.04. The van der Waals surface area contributed by atoms with E-state index in [2.05, 4.69) is 33.0 Å². The number of aromatic amines is 1. The summed E-state index contributed by atoms with van der Waals surface area (Å²) in [4.78, 5) is 7.61. The van der Waals surface area contributed by atoms with Gasteiger partial charge in [-0.3, -0.25) is 0 Å². The van der Waals surface area contributed by atoms with Crippen LogP contribution in [0, 0.1) is 6.92 Å². The quantitative estimate of drug-likeness (QED) is 0.794. The van der Waals surface area contributed by atoms with Crippen LogP contribution in [0.1, 0.15) is 11.5 Å². The van der Waals surface area contributed by atoms with Crippen molar-refractivity contribution in [1.29, 1.82) is 0 Å². The van der Waals surface area contributed by atoms with E-state index in [1.54, 1.807) is 0 Å². The third kappa shape index (κ3) is 1.68. The standard InChI is InChI=1S/C11H16N4/c1-8-11(9-4-5-13-6-9)15(3)10(14-8)7-12-2/h4-6,12-13H,7H2,1-3H3. The minimum Gasteiger partial charge on any atom is -0.367 e. The van der Waals surface area contributed by atoms with Crippen LogP contribution in [0.4, 0.5) is 0 Å². The summed E-state index contributed by atoms with van der Waals surface area (Å²) in [6.07, 6.45) is 3.92. The normalized spacial score (nSPS) is 10.9. The Labute approximate surface area is 89.3 Å². The fourth-order valence-electron chi connectivity index (χ4n) is 1.88. The van der Waals surface area contributed by atoms with Crippen LogP contribution >= 0.6 is 0 Å². The van der Waals surface area contributed by atoms with E-state index in [0.717, 1.165) is 18.1 Å². The molecule has 4 heteroatoms. The highest BCUT2D eigenvalue weighted by atomic mass is 15.1. The molecule has 2 aromatic rings. The number of hydrogen-bond acceptors (Lipinski definition) is 2. The molecule has 0 aliphatic rings. The maximum Gasteiger partial charge on any atom is 0.123 e. The van der Waals surface area contributed by atoms with Crippen molar-refractivity contribution in [2.75, 3.05) is 7.05 Å². The predicted octanol–water partition coefficient (Wildman–Crippen LogP) is 1.44. The zero-order valence-corrected chi connectivity index (χ0v) is 9.33. The second kappa shape index (κ2) is 3.90. The van der Waals surface area contributed by atoms with E-state index in [0.29, 0.717) is 0 Å². The van der Waals surface area contributed by atoms with E-state index in [9.17, 15) is 0 Å². The van der Waals surface area contributed by atoms with Gasteiger partial charge in [-0.2, -0.15) is 0 Å². The maximum atomic E-state index is 4.54. The molecule has 0 spiro atoms. The molecule has 2 heterocycles. The highest BCUT2D eigenvalue weighted by Gasteiger charge is 2.12. The first kappa shape index (κ1) is 9.98. The van der Waals surface area contributed by atoms with Crippen molar-refractivity contribution in [1.82, 2.24) is 19.9 Å². The summed E-state index contributed by atoms with van der Waals surface area (Å²) in [5.74, 6) is 1.06. The molecule has 15 heavy (non-hydrogen) atoms. The third-order valence-electron chi connectivity index (χ3n) is 2.57. The van der Waals surface area contributed by atoms with Crippen LogP contribution in [0.5, 0.6) is 0 Å². The molecule has 2 aromatic heterocycles. The van der Waals surface area contributed by atoms with E-state index < -0.39 is 0 Å². The average molecular weight is 204 g/mol. The lowest BCUT2D eigenvalue weighted by atomic mass is 10.2. The molecule has 0 saturated carbocycles. The Hall–Kier alpha value is -1.55. The lowest BCUT2D eigenvalue weighted by Gasteiger charge is -2.04. The Morgan fingerprint density at radius 3 is 2.93 bits per heavy atom. The van der Waals surface area contributed by atoms with Gasteiger partial charge < -0.3 is 14.9 Å². The van der Waals surface area contributed by atoms with Crippen LogP contribution < -0.4 is 5.32 Å². The van der Waals surface area contributed by atoms with Crippen LogP contribution in [-0.4, -0.2) is 21.6 Å². The van der Waals surface area contributed by atoms with E-state index in [1.165, 1.54) is 11.3 Å². The molecule has 0 atom stereocenters. The van der Waals surface area contributed by atoms with Crippen LogP contribution in [0.3, 0.4) is 0 Å². The van der Waals surface area contributed by atoms with E-state index >= 15 is 0 Å². The average Bonchev–Trinajstić information content (AvgIpc) is 2.77. The maximum absolute atomic E-state index is 4.54. The molecule has 0 fully saturated rings. The lowest BCUT2D eigenvalue weighted by molar-refractivity contribution is 0.712. The van der Waals surface area contributed by atoms with Crippen molar-refractivity contribution in [2.24, 2.45) is 7.05 Å². The van der Waals surface area contributed by atoms with Gasteiger partial charge in [0, 0.05) is 25.0 Å². The number of rotatable bonds is 3. The summed E-state index contributed by atoms with van der Waals surface area (Å²) in [5, 5.41) is 3.12. The Balaban J connectivity index is 2.48. The van der Waals surface area contributed by atoms with Gasteiger partial charge in [-0.15, -0.1) is 0 Å². The molecule has 0 saturated heterocycles. The number of nitrogens with one attached hydrogen (secondary N) is 2. The summed E-state index contributed by atoms with van der Waals surface area (Å²) >= 11 is 0. The molecule has 4 nitrogen and oxygen atoms in total. The van der Waals surface area contributed by atoms with E-state index in [-0.39, 0.29) is 0 Å². The number of imidazole rings is 1. The number of aromatic nitrogens is 3. The summed E-state index contributed by atoms with van der Waals surface area (Å²) < 4.78 is 2.13. The van der Waals surface area contributed by atoms with Crippen molar-refractivity contribution in [3.8, 4) is 11.3 Å². The molecule has 80 valence electrons. The Morgan fingerprint density at radius 1 is 1.53 bits per heavy atom. The van der Waals surface area contributed by atoms with Crippen LogP contribution in [0.25, 0.3) is 11.3 Å². The van der Waals surface area contributed by atoms with Crippen LogP contribution in [-0.2, 0) is 13.6 Å². The van der Waals surface area contributed by atoms with Crippen molar-refractivity contribution in [2.45, 2.75) is 13.5 Å². The zero-order valence-electron chi connectivity index (χ0n) is 9.33. The summed E-state index contributed by atoms with van der Waals surface area (Å²) in [7, 11) is 3.98. The first-order valence-electron chi connectivity index (χ1n) is 5.04. The highest BCUT2D eigenvalue weighted by Crippen LogP contribution is 2.23. The van der Waals surface area contributed by atoms with Gasteiger partial charge in [-0.1, -0.05) is 0 Å². The van der Waals surface area contributed by atoms with E-state index in [4.69, 9.17) is 0 Å². The predicted molar refractivity (Wildman–Crippen MR) is 60.5 cm³/mol. The second-order valence-electron chi connectivity index (χ2n) is 3.65. The molecule has 0 aliphatic heterocycles.